The molecule has 33 heavy (non-hydrogen) atoms. The van der Waals surface area contributed by atoms with E-state index in [4.69, 9.17) is 21.2 Å². The lowest BCUT2D eigenvalue weighted by molar-refractivity contribution is -0.144. The molecule has 2 aromatic rings. The van der Waals surface area contributed by atoms with Crippen molar-refractivity contribution < 1.29 is 36.7 Å². The van der Waals surface area contributed by atoms with Crippen LogP contribution in [0.15, 0.2) is 45.6 Å². The molecule has 1 aromatic heterocycles. The summed E-state index contributed by atoms with van der Waals surface area (Å²) in [6.45, 7) is 2.64. The maximum absolute atomic E-state index is 14.7. The summed E-state index contributed by atoms with van der Waals surface area (Å²) in [7, 11) is 1.86. The molecule has 0 aliphatic rings. The summed E-state index contributed by atoms with van der Waals surface area (Å²) in [5.74, 6) is -2.50. The first-order valence-electron chi connectivity index (χ1n) is 8.82. The Balaban J connectivity index is 2.71. The molecular weight excluding hydrogens is 478 g/mol. The summed E-state index contributed by atoms with van der Waals surface area (Å²) in [6.07, 6.45) is -3.68. The van der Waals surface area contributed by atoms with Gasteiger partial charge in [0.15, 0.2) is 6.61 Å². The van der Waals surface area contributed by atoms with Gasteiger partial charge in [-0.3, -0.25) is 9.36 Å². The molecule has 2 rings (SSSR count). The molecular formula is C19H16ClF4N3O6. The highest BCUT2D eigenvalue weighted by Gasteiger charge is 2.35. The van der Waals surface area contributed by atoms with Crippen LogP contribution in [-0.2, 0) is 32.3 Å². The number of halogens is 5. The van der Waals surface area contributed by atoms with Gasteiger partial charge in [0.25, 0.3) is 11.5 Å². The van der Waals surface area contributed by atoms with Crippen molar-refractivity contribution in [3.05, 3.63) is 73.8 Å². The van der Waals surface area contributed by atoms with E-state index in [9.17, 15) is 31.9 Å². The highest BCUT2D eigenvalue weighted by atomic mass is 35.5. The number of rotatable bonds is 7. The standard InChI is InChI=1S/C19H16ClF4N3O6/c1-4-5-33-25-17(32-9-16(29)31-3)10-6-13(12(21)7-11(10)20)27-15(28)8-14(19(22,23)24)26(2)18(27)30/h4,6-8H,1,5,9H2,2-3H3/b25-17+. The van der Waals surface area contributed by atoms with Crippen LogP contribution >= 0.6 is 11.6 Å². The third-order valence-electron chi connectivity index (χ3n) is 4.01. The molecule has 0 saturated heterocycles. The zero-order valence-corrected chi connectivity index (χ0v) is 17.9. The maximum Gasteiger partial charge on any atom is 0.431 e. The molecule has 9 nitrogen and oxygen atoms in total. The van der Waals surface area contributed by atoms with Gasteiger partial charge in [-0.15, -0.1) is 0 Å². The molecule has 1 heterocycles. The first kappa shape index (κ1) is 25.6. The minimum atomic E-state index is -5.00. The quantitative estimate of drug-likeness (QED) is 0.112. The molecule has 0 N–H and O–H groups in total. The number of aromatic nitrogens is 2. The first-order chi connectivity index (χ1) is 15.4. The number of carbonyl (C=O) groups is 1. The molecule has 0 unspecified atom stereocenters. The van der Waals surface area contributed by atoms with Crippen LogP contribution in [0.3, 0.4) is 0 Å². The van der Waals surface area contributed by atoms with Gasteiger partial charge in [-0.05, 0) is 17.3 Å². The first-order valence-corrected chi connectivity index (χ1v) is 9.20. The van der Waals surface area contributed by atoms with Gasteiger partial charge in [0.05, 0.1) is 23.4 Å². The highest BCUT2D eigenvalue weighted by Crippen LogP contribution is 2.28. The lowest BCUT2D eigenvalue weighted by atomic mass is 10.1. The van der Waals surface area contributed by atoms with Crippen LogP contribution in [0.4, 0.5) is 17.6 Å². The lowest BCUT2D eigenvalue weighted by Gasteiger charge is -2.16. The molecule has 1 aromatic carbocycles. The molecule has 0 fully saturated rings. The Morgan fingerprint density at radius 1 is 1.27 bits per heavy atom. The Kier molecular flexibility index (Phi) is 8.03. The smallest absolute Gasteiger partial charge is 0.431 e. The van der Waals surface area contributed by atoms with Gasteiger partial charge in [0.1, 0.15) is 18.1 Å². The molecule has 178 valence electrons. The van der Waals surface area contributed by atoms with Gasteiger partial charge < -0.3 is 14.3 Å². The van der Waals surface area contributed by atoms with Crippen molar-refractivity contribution in [1.29, 1.82) is 0 Å². The van der Waals surface area contributed by atoms with Crippen LogP contribution in [0.25, 0.3) is 5.69 Å². The van der Waals surface area contributed by atoms with E-state index >= 15 is 0 Å². The zero-order chi connectivity index (χ0) is 24.9. The van der Waals surface area contributed by atoms with Crippen LogP contribution in [0.5, 0.6) is 0 Å². The predicted octanol–water partition coefficient (Wildman–Crippen LogP) is 2.40. The second kappa shape index (κ2) is 10.3. The Labute approximate surface area is 188 Å². The van der Waals surface area contributed by atoms with Gasteiger partial charge >= 0.3 is 17.8 Å². The lowest BCUT2D eigenvalue weighted by Crippen LogP contribution is -2.41. The average Bonchev–Trinajstić information content (AvgIpc) is 2.74. The van der Waals surface area contributed by atoms with Crippen LogP contribution in [0, 0.1) is 5.82 Å². The van der Waals surface area contributed by atoms with Crippen molar-refractivity contribution in [3.63, 3.8) is 0 Å². The Bertz CT molecular complexity index is 1220. The van der Waals surface area contributed by atoms with E-state index in [1.807, 2.05) is 0 Å². The number of ether oxygens (including phenoxy) is 2. The zero-order valence-electron chi connectivity index (χ0n) is 17.1. The van der Waals surface area contributed by atoms with E-state index in [1.54, 1.807) is 0 Å². The topological polar surface area (TPSA) is 101 Å². The summed E-state index contributed by atoms with van der Waals surface area (Å²) < 4.78 is 63.8. The van der Waals surface area contributed by atoms with Crippen LogP contribution in [0.2, 0.25) is 5.02 Å². The number of alkyl halides is 3. The van der Waals surface area contributed by atoms with Crippen molar-refractivity contribution in [1.82, 2.24) is 9.13 Å². The number of esters is 1. The molecule has 14 heteroatoms. The van der Waals surface area contributed by atoms with Gasteiger partial charge in [0, 0.05) is 13.1 Å². The van der Waals surface area contributed by atoms with Crippen molar-refractivity contribution in [2.24, 2.45) is 12.2 Å². The van der Waals surface area contributed by atoms with E-state index in [0.717, 1.165) is 20.2 Å². The SMILES string of the molecule is C=CCO/N=C(/OCC(=O)OC)c1cc(-n2c(=O)cc(C(F)(F)F)n(C)c2=O)c(F)cc1Cl. The van der Waals surface area contributed by atoms with Crippen molar-refractivity contribution in [2.75, 3.05) is 20.3 Å². The summed E-state index contributed by atoms with van der Waals surface area (Å²) in [4.78, 5) is 41.2. The molecule has 0 aliphatic heterocycles. The number of benzene rings is 1. The van der Waals surface area contributed by atoms with Gasteiger partial charge in [-0.2, -0.15) is 13.2 Å². The normalized spacial score (nSPS) is 11.8. The van der Waals surface area contributed by atoms with Crippen LogP contribution < -0.4 is 11.2 Å². The third-order valence-corrected chi connectivity index (χ3v) is 4.33. The number of hydrogen-bond acceptors (Lipinski definition) is 7. The summed E-state index contributed by atoms with van der Waals surface area (Å²) >= 11 is 6.03. The Hall–Kier alpha value is -3.61. The fraction of sp³-hybridized carbons (Fsp3) is 0.263. The number of methoxy groups -OCH3 is 1. The van der Waals surface area contributed by atoms with E-state index in [2.05, 4.69) is 16.5 Å². The van der Waals surface area contributed by atoms with Crippen LogP contribution in [-0.4, -0.2) is 41.3 Å². The number of oxime groups is 1. The minimum Gasteiger partial charge on any atom is -0.466 e. The largest absolute Gasteiger partial charge is 0.466 e. The van der Waals surface area contributed by atoms with Gasteiger partial charge in [0.2, 0.25) is 0 Å². The van der Waals surface area contributed by atoms with E-state index in [-0.39, 0.29) is 32.4 Å². The number of carbonyl (C=O) groups excluding carboxylic acids is 1. The fourth-order valence-corrected chi connectivity index (χ4v) is 2.71. The summed E-state index contributed by atoms with van der Waals surface area (Å²) in [6, 6.07) is 1.66. The van der Waals surface area contributed by atoms with Crippen molar-refractivity contribution in [3.8, 4) is 5.69 Å². The Morgan fingerprint density at radius 3 is 2.52 bits per heavy atom. The van der Waals surface area contributed by atoms with Crippen molar-refractivity contribution in [2.45, 2.75) is 6.18 Å². The van der Waals surface area contributed by atoms with Crippen LogP contribution in [0.1, 0.15) is 11.3 Å². The fourth-order valence-electron chi connectivity index (χ4n) is 2.48. The molecule has 0 aliphatic carbocycles. The van der Waals surface area contributed by atoms with E-state index in [0.29, 0.717) is 6.07 Å². The molecule has 0 spiro atoms. The van der Waals surface area contributed by atoms with E-state index < -0.39 is 53.1 Å². The summed E-state index contributed by atoms with van der Waals surface area (Å²) in [5, 5.41) is 3.28. The highest BCUT2D eigenvalue weighted by molar-refractivity contribution is 6.34. The third kappa shape index (κ3) is 5.80. The maximum atomic E-state index is 14.7. The number of hydrogen-bond donors (Lipinski definition) is 0. The van der Waals surface area contributed by atoms with Crippen molar-refractivity contribution >= 4 is 23.5 Å². The second-order valence-corrected chi connectivity index (χ2v) is 6.58. The molecule has 0 bridgehead atoms. The molecule has 0 radical (unpaired) electrons. The van der Waals surface area contributed by atoms with Gasteiger partial charge in [-0.25, -0.2) is 18.5 Å². The van der Waals surface area contributed by atoms with Gasteiger partial charge in [-0.1, -0.05) is 24.3 Å². The monoisotopic (exact) mass is 493 g/mol. The number of nitrogens with zero attached hydrogens (tertiary/aromatic N) is 3. The average molecular weight is 494 g/mol. The molecule has 0 saturated carbocycles. The van der Waals surface area contributed by atoms with E-state index in [1.165, 1.54) is 6.08 Å². The second-order valence-electron chi connectivity index (χ2n) is 6.17. The minimum absolute atomic E-state index is 0.102. The Morgan fingerprint density at radius 2 is 1.94 bits per heavy atom. The molecule has 0 atom stereocenters. The molecule has 0 amide bonds. The predicted molar refractivity (Wildman–Crippen MR) is 108 cm³/mol. The summed E-state index contributed by atoms with van der Waals surface area (Å²) in [5.41, 5.74) is -5.43.